The van der Waals surface area contributed by atoms with Gasteiger partial charge in [-0.3, -0.25) is 10.1 Å². The summed E-state index contributed by atoms with van der Waals surface area (Å²) in [5, 5.41) is 2.88. The average molecular weight is 259 g/mol. The zero-order valence-electron chi connectivity index (χ0n) is 10.9. The highest BCUT2D eigenvalue weighted by Crippen LogP contribution is 2.20. The number of aromatic nitrogens is 2. The molecule has 1 aromatic heterocycles. The van der Waals surface area contributed by atoms with Crippen LogP contribution in [0.3, 0.4) is 0 Å². The standard InChI is InChI=1S/C14H17N3O2/c1-2-17-11-7-4-3-6-10(11)15-14(17)16-13(18)12-8-5-9-19-12/h3-4,6-7,12H,2,5,8-9H2,1H3,(H,15,16,18). The second-order valence-electron chi connectivity index (χ2n) is 4.66. The zero-order valence-corrected chi connectivity index (χ0v) is 10.9. The number of hydrogen-bond donors (Lipinski definition) is 1. The van der Waals surface area contributed by atoms with Crippen molar-refractivity contribution in [1.82, 2.24) is 9.55 Å². The molecule has 0 aliphatic carbocycles. The van der Waals surface area contributed by atoms with E-state index in [1.165, 1.54) is 0 Å². The normalized spacial score (nSPS) is 18.9. The largest absolute Gasteiger partial charge is 0.368 e. The molecule has 100 valence electrons. The third-order valence-corrected chi connectivity index (χ3v) is 3.43. The highest BCUT2D eigenvalue weighted by Gasteiger charge is 2.25. The summed E-state index contributed by atoms with van der Waals surface area (Å²) in [6, 6.07) is 7.87. The van der Waals surface area contributed by atoms with Crippen LogP contribution in [-0.2, 0) is 16.1 Å². The van der Waals surface area contributed by atoms with E-state index in [9.17, 15) is 4.79 Å². The molecule has 5 heteroatoms. The van der Waals surface area contributed by atoms with Crippen LogP contribution in [0.5, 0.6) is 0 Å². The van der Waals surface area contributed by atoms with Crippen molar-refractivity contribution in [2.24, 2.45) is 0 Å². The lowest BCUT2D eigenvalue weighted by Crippen LogP contribution is -2.28. The van der Waals surface area contributed by atoms with Gasteiger partial charge >= 0.3 is 0 Å². The lowest BCUT2D eigenvalue weighted by Gasteiger charge is -2.11. The Balaban J connectivity index is 1.89. The van der Waals surface area contributed by atoms with Gasteiger partial charge in [0.15, 0.2) is 0 Å². The molecule has 2 aromatic rings. The van der Waals surface area contributed by atoms with Crippen LogP contribution in [0.15, 0.2) is 24.3 Å². The lowest BCUT2D eigenvalue weighted by molar-refractivity contribution is -0.124. The van der Waals surface area contributed by atoms with Crippen molar-refractivity contribution in [1.29, 1.82) is 0 Å². The average Bonchev–Trinajstić information content (AvgIpc) is 3.05. The number of imidazole rings is 1. The number of para-hydroxylation sites is 2. The van der Waals surface area contributed by atoms with Crippen molar-refractivity contribution in [3.8, 4) is 0 Å². The van der Waals surface area contributed by atoms with Crippen LogP contribution < -0.4 is 5.32 Å². The van der Waals surface area contributed by atoms with Gasteiger partial charge in [-0.1, -0.05) is 12.1 Å². The number of nitrogens with one attached hydrogen (secondary N) is 1. The fraction of sp³-hybridized carbons (Fsp3) is 0.429. The van der Waals surface area contributed by atoms with Gasteiger partial charge in [0.05, 0.1) is 11.0 Å². The summed E-state index contributed by atoms with van der Waals surface area (Å²) >= 11 is 0. The highest BCUT2D eigenvalue weighted by atomic mass is 16.5. The third kappa shape index (κ3) is 2.21. The zero-order chi connectivity index (χ0) is 13.2. The third-order valence-electron chi connectivity index (χ3n) is 3.43. The van der Waals surface area contributed by atoms with Crippen LogP contribution in [0.2, 0.25) is 0 Å². The Hall–Kier alpha value is -1.88. The van der Waals surface area contributed by atoms with E-state index in [1.54, 1.807) is 0 Å². The SMILES string of the molecule is CCn1c(NC(=O)C2CCCO2)nc2ccccc21. The Morgan fingerprint density at radius 1 is 1.53 bits per heavy atom. The second kappa shape index (κ2) is 5.01. The number of hydrogen-bond acceptors (Lipinski definition) is 3. The van der Waals surface area contributed by atoms with Crippen LogP contribution in [-0.4, -0.2) is 28.2 Å². The minimum Gasteiger partial charge on any atom is -0.368 e. The van der Waals surface area contributed by atoms with E-state index in [0.717, 1.165) is 30.4 Å². The highest BCUT2D eigenvalue weighted by molar-refractivity contribution is 5.94. The van der Waals surface area contributed by atoms with E-state index >= 15 is 0 Å². The molecule has 3 rings (SSSR count). The Bertz CT molecular complexity index is 600. The van der Waals surface area contributed by atoms with Gasteiger partial charge in [0, 0.05) is 13.2 Å². The van der Waals surface area contributed by atoms with Gasteiger partial charge in [0.1, 0.15) is 6.10 Å². The van der Waals surface area contributed by atoms with Gasteiger partial charge in [0.25, 0.3) is 5.91 Å². The van der Waals surface area contributed by atoms with E-state index in [1.807, 2.05) is 35.8 Å². The monoisotopic (exact) mass is 259 g/mol. The van der Waals surface area contributed by atoms with E-state index in [4.69, 9.17) is 4.74 Å². The number of fused-ring (bicyclic) bond motifs is 1. The molecule has 1 unspecified atom stereocenters. The molecule has 5 nitrogen and oxygen atoms in total. The summed E-state index contributed by atoms with van der Waals surface area (Å²) in [5.41, 5.74) is 1.93. The maximum atomic E-state index is 12.1. The van der Waals surface area contributed by atoms with E-state index in [2.05, 4.69) is 10.3 Å². The molecule has 0 radical (unpaired) electrons. The molecule has 0 bridgehead atoms. The quantitative estimate of drug-likeness (QED) is 0.919. The number of aryl methyl sites for hydroxylation is 1. The molecule has 1 saturated heterocycles. The van der Waals surface area contributed by atoms with Gasteiger partial charge in [-0.05, 0) is 31.9 Å². The summed E-state index contributed by atoms with van der Waals surface area (Å²) in [4.78, 5) is 16.5. The molecule has 0 saturated carbocycles. The topological polar surface area (TPSA) is 56.2 Å². The van der Waals surface area contributed by atoms with Gasteiger partial charge in [-0.25, -0.2) is 4.98 Å². The first-order chi connectivity index (χ1) is 9.29. The van der Waals surface area contributed by atoms with Crippen LogP contribution in [0.1, 0.15) is 19.8 Å². The van der Waals surface area contributed by atoms with Crippen LogP contribution >= 0.6 is 0 Å². The fourth-order valence-electron chi connectivity index (χ4n) is 2.47. The number of anilines is 1. The van der Waals surface area contributed by atoms with Gasteiger partial charge in [0.2, 0.25) is 5.95 Å². The Morgan fingerprint density at radius 2 is 2.37 bits per heavy atom. The van der Waals surface area contributed by atoms with Crippen LogP contribution in [0.4, 0.5) is 5.95 Å². The van der Waals surface area contributed by atoms with Crippen LogP contribution in [0.25, 0.3) is 11.0 Å². The van der Waals surface area contributed by atoms with Crippen molar-refractivity contribution in [2.75, 3.05) is 11.9 Å². The molecule has 1 atom stereocenters. The summed E-state index contributed by atoms with van der Waals surface area (Å²) in [6.45, 7) is 3.47. The summed E-state index contributed by atoms with van der Waals surface area (Å²) in [6.07, 6.45) is 1.41. The fourth-order valence-corrected chi connectivity index (χ4v) is 2.47. The Morgan fingerprint density at radius 3 is 3.11 bits per heavy atom. The molecule has 1 N–H and O–H groups in total. The number of nitrogens with zero attached hydrogens (tertiary/aromatic N) is 2. The first-order valence-corrected chi connectivity index (χ1v) is 6.67. The Kier molecular flexibility index (Phi) is 3.21. The van der Waals surface area contributed by atoms with Crippen molar-refractivity contribution < 1.29 is 9.53 Å². The molecule has 1 aliphatic heterocycles. The van der Waals surface area contributed by atoms with Crippen molar-refractivity contribution in [3.05, 3.63) is 24.3 Å². The smallest absolute Gasteiger partial charge is 0.255 e. The van der Waals surface area contributed by atoms with Gasteiger partial charge in [-0.15, -0.1) is 0 Å². The molecular weight excluding hydrogens is 242 g/mol. The minimum absolute atomic E-state index is 0.0949. The van der Waals surface area contributed by atoms with Gasteiger partial charge < -0.3 is 9.30 Å². The molecule has 1 amide bonds. The molecule has 0 spiro atoms. The number of amides is 1. The first-order valence-electron chi connectivity index (χ1n) is 6.67. The van der Waals surface area contributed by atoms with E-state index in [0.29, 0.717) is 12.6 Å². The molecule has 1 aliphatic rings. The molecule has 19 heavy (non-hydrogen) atoms. The number of rotatable bonds is 3. The molecular formula is C14H17N3O2. The summed E-state index contributed by atoms with van der Waals surface area (Å²) in [5.74, 6) is 0.506. The van der Waals surface area contributed by atoms with Gasteiger partial charge in [-0.2, -0.15) is 0 Å². The van der Waals surface area contributed by atoms with Crippen molar-refractivity contribution in [3.63, 3.8) is 0 Å². The maximum Gasteiger partial charge on any atom is 0.255 e. The number of ether oxygens (including phenoxy) is 1. The number of benzene rings is 1. The summed E-state index contributed by atoms with van der Waals surface area (Å²) in [7, 11) is 0. The predicted molar refractivity (Wildman–Crippen MR) is 73.0 cm³/mol. The van der Waals surface area contributed by atoms with E-state index in [-0.39, 0.29) is 12.0 Å². The molecule has 1 fully saturated rings. The molecule has 2 heterocycles. The minimum atomic E-state index is -0.329. The predicted octanol–water partition coefficient (Wildman–Crippen LogP) is 2.17. The second-order valence-corrected chi connectivity index (χ2v) is 4.66. The van der Waals surface area contributed by atoms with Crippen molar-refractivity contribution >= 4 is 22.9 Å². The first kappa shape index (κ1) is 12.2. The molecule has 1 aromatic carbocycles. The lowest BCUT2D eigenvalue weighted by atomic mass is 10.2. The number of carbonyl (C=O) groups excluding carboxylic acids is 1. The van der Waals surface area contributed by atoms with Crippen LogP contribution in [0, 0.1) is 0 Å². The summed E-state index contributed by atoms with van der Waals surface area (Å²) < 4.78 is 7.39. The maximum absolute atomic E-state index is 12.1. The van der Waals surface area contributed by atoms with Crippen molar-refractivity contribution in [2.45, 2.75) is 32.4 Å². The Labute approximate surface area is 111 Å². The number of carbonyl (C=O) groups is 1. The van der Waals surface area contributed by atoms with E-state index < -0.39 is 0 Å².